The van der Waals surface area contributed by atoms with Crippen LogP contribution in [0.3, 0.4) is 0 Å². The van der Waals surface area contributed by atoms with Crippen LogP contribution in [0.25, 0.3) is 11.3 Å². The van der Waals surface area contributed by atoms with Crippen LogP contribution >= 0.6 is 11.6 Å². The van der Waals surface area contributed by atoms with Gasteiger partial charge in [-0.3, -0.25) is 4.79 Å². The highest BCUT2D eigenvalue weighted by Gasteiger charge is 2.31. The lowest BCUT2D eigenvalue weighted by Crippen LogP contribution is -2.30. The highest BCUT2D eigenvalue weighted by Crippen LogP contribution is 2.32. The molecule has 1 amide bonds. The van der Waals surface area contributed by atoms with E-state index in [2.05, 4.69) is 5.16 Å². The topological polar surface area (TPSA) is 72.4 Å². The Labute approximate surface area is 134 Å². The first kappa shape index (κ1) is 15.1. The van der Waals surface area contributed by atoms with Crippen molar-refractivity contribution in [3.05, 3.63) is 40.6 Å². The van der Waals surface area contributed by atoms with E-state index in [-0.39, 0.29) is 5.91 Å². The van der Waals surface area contributed by atoms with E-state index in [1.54, 1.807) is 13.0 Å². The number of halogens is 1. The van der Waals surface area contributed by atoms with Crippen molar-refractivity contribution >= 4 is 17.5 Å². The van der Waals surface area contributed by atoms with E-state index in [1.165, 1.54) is 0 Å². The van der Waals surface area contributed by atoms with E-state index in [0.717, 1.165) is 6.42 Å². The average Bonchev–Trinajstić information content (AvgIpc) is 3.14. The number of hydrogen-bond donors (Lipinski definition) is 1. The Bertz CT molecular complexity index is 698. The molecular formula is C16H18ClN3O2. The van der Waals surface area contributed by atoms with Gasteiger partial charge in [0.15, 0.2) is 0 Å². The van der Waals surface area contributed by atoms with Gasteiger partial charge in [-0.1, -0.05) is 35.0 Å². The molecule has 3 rings (SSSR count). The van der Waals surface area contributed by atoms with Crippen LogP contribution in [0, 0.1) is 12.8 Å². The minimum Gasteiger partial charge on any atom is -0.360 e. The van der Waals surface area contributed by atoms with Crippen molar-refractivity contribution in [2.75, 3.05) is 19.6 Å². The lowest BCUT2D eigenvalue weighted by molar-refractivity contribution is 0.0786. The molecule has 116 valence electrons. The Morgan fingerprint density at radius 3 is 2.95 bits per heavy atom. The maximum absolute atomic E-state index is 12.8. The van der Waals surface area contributed by atoms with Gasteiger partial charge in [-0.05, 0) is 31.9 Å². The van der Waals surface area contributed by atoms with Crippen molar-refractivity contribution in [2.24, 2.45) is 11.7 Å². The molecule has 5 nitrogen and oxygen atoms in total. The normalized spacial score (nSPS) is 18.0. The van der Waals surface area contributed by atoms with E-state index < -0.39 is 0 Å². The van der Waals surface area contributed by atoms with Crippen LogP contribution in [0.5, 0.6) is 0 Å². The molecule has 1 fully saturated rings. The number of nitrogens with zero attached hydrogens (tertiary/aromatic N) is 2. The van der Waals surface area contributed by atoms with Gasteiger partial charge in [0.2, 0.25) is 0 Å². The van der Waals surface area contributed by atoms with Crippen LogP contribution in [0.2, 0.25) is 5.02 Å². The SMILES string of the molecule is Cc1onc(-c2ccccc2Cl)c1C(=O)N1CCC(CN)C1. The summed E-state index contributed by atoms with van der Waals surface area (Å²) in [6.07, 6.45) is 0.938. The monoisotopic (exact) mass is 319 g/mol. The van der Waals surface area contributed by atoms with Gasteiger partial charge in [0.05, 0.1) is 5.02 Å². The molecule has 1 aromatic heterocycles. The van der Waals surface area contributed by atoms with Crippen LogP contribution in [-0.4, -0.2) is 35.6 Å². The van der Waals surface area contributed by atoms with Gasteiger partial charge in [-0.15, -0.1) is 0 Å². The third kappa shape index (κ3) is 2.62. The van der Waals surface area contributed by atoms with Gasteiger partial charge in [-0.2, -0.15) is 0 Å². The fourth-order valence-corrected chi connectivity index (χ4v) is 3.05. The molecule has 2 aromatic rings. The van der Waals surface area contributed by atoms with E-state index >= 15 is 0 Å². The lowest BCUT2D eigenvalue weighted by atomic mass is 10.1. The van der Waals surface area contributed by atoms with Crippen LogP contribution in [0.4, 0.5) is 0 Å². The largest absolute Gasteiger partial charge is 0.360 e. The molecule has 2 N–H and O–H groups in total. The number of likely N-dealkylation sites (tertiary alicyclic amines) is 1. The predicted octanol–water partition coefficient (Wildman–Crippen LogP) is 2.72. The molecule has 0 bridgehead atoms. The second-order valence-electron chi connectivity index (χ2n) is 5.58. The molecule has 1 aliphatic heterocycles. The van der Waals surface area contributed by atoms with Gasteiger partial charge in [0.1, 0.15) is 17.0 Å². The van der Waals surface area contributed by atoms with E-state index in [9.17, 15) is 4.79 Å². The van der Waals surface area contributed by atoms with Gasteiger partial charge in [-0.25, -0.2) is 0 Å². The van der Waals surface area contributed by atoms with Crippen LogP contribution < -0.4 is 5.73 Å². The number of aryl methyl sites for hydroxylation is 1. The van der Waals surface area contributed by atoms with Gasteiger partial charge < -0.3 is 15.2 Å². The summed E-state index contributed by atoms with van der Waals surface area (Å²) in [5.74, 6) is 0.814. The van der Waals surface area contributed by atoms with Gasteiger partial charge >= 0.3 is 0 Å². The Kier molecular flexibility index (Phi) is 4.18. The Hall–Kier alpha value is -1.85. The van der Waals surface area contributed by atoms with Crippen molar-refractivity contribution in [1.82, 2.24) is 10.1 Å². The number of nitrogens with two attached hydrogens (primary N) is 1. The summed E-state index contributed by atoms with van der Waals surface area (Å²) >= 11 is 6.23. The third-order valence-electron chi connectivity index (χ3n) is 4.11. The van der Waals surface area contributed by atoms with E-state index in [1.807, 2.05) is 23.1 Å². The summed E-state index contributed by atoms with van der Waals surface area (Å²) in [5, 5.41) is 4.59. The van der Waals surface area contributed by atoms with Crippen molar-refractivity contribution in [3.8, 4) is 11.3 Å². The highest BCUT2D eigenvalue weighted by atomic mass is 35.5. The lowest BCUT2D eigenvalue weighted by Gasteiger charge is -2.16. The number of hydrogen-bond acceptors (Lipinski definition) is 4. The molecule has 1 unspecified atom stereocenters. The molecule has 2 heterocycles. The number of carbonyl (C=O) groups is 1. The number of rotatable bonds is 3. The molecule has 1 atom stereocenters. The average molecular weight is 320 g/mol. The maximum Gasteiger partial charge on any atom is 0.259 e. The molecule has 22 heavy (non-hydrogen) atoms. The summed E-state index contributed by atoms with van der Waals surface area (Å²) in [6.45, 7) is 3.75. The minimum absolute atomic E-state index is 0.0652. The number of amides is 1. The number of carbonyl (C=O) groups excluding carboxylic acids is 1. The Morgan fingerprint density at radius 2 is 2.27 bits per heavy atom. The molecule has 6 heteroatoms. The predicted molar refractivity (Wildman–Crippen MR) is 84.8 cm³/mol. The summed E-state index contributed by atoms with van der Waals surface area (Å²) in [7, 11) is 0. The second kappa shape index (κ2) is 6.10. The molecule has 1 aliphatic rings. The zero-order chi connectivity index (χ0) is 15.7. The summed E-state index contributed by atoms with van der Waals surface area (Å²) in [5.41, 5.74) is 7.40. The number of aromatic nitrogens is 1. The zero-order valence-corrected chi connectivity index (χ0v) is 13.1. The first-order valence-electron chi connectivity index (χ1n) is 7.32. The fourth-order valence-electron chi connectivity index (χ4n) is 2.83. The maximum atomic E-state index is 12.8. The minimum atomic E-state index is -0.0652. The van der Waals surface area contributed by atoms with Crippen LogP contribution in [0.15, 0.2) is 28.8 Å². The Morgan fingerprint density at radius 1 is 1.50 bits per heavy atom. The standard InChI is InChI=1S/C16H18ClN3O2/c1-10-14(16(21)20-7-6-11(8-18)9-20)15(19-22-10)12-4-2-3-5-13(12)17/h2-5,11H,6-9,18H2,1H3. The second-order valence-corrected chi connectivity index (χ2v) is 5.99. The van der Waals surface area contributed by atoms with Crippen LogP contribution in [0.1, 0.15) is 22.5 Å². The molecule has 1 saturated heterocycles. The summed E-state index contributed by atoms with van der Waals surface area (Å²) in [6, 6.07) is 7.31. The molecule has 1 aromatic carbocycles. The van der Waals surface area contributed by atoms with Crippen molar-refractivity contribution in [3.63, 3.8) is 0 Å². The number of benzene rings is 1. The van der Waals surface area contributed by atoms with E-state index in [4.69, 9.17) is 21.9 Å². The summed E-state index contributed by atoms with van der Waals surface area (Å²) < 4.78 is 5.26. The van der Waals surface area contributed by atoms with Crippen molar-refractivity contribution in [2.45, 2.75) is 13.3 Å². The van der Waals surface area contributed by atoms with Crippen molar-refractivity contribution in [1.29, 1.82) is 0 Å². The molecule has 0 saturated carbocycles. The smallest absolute Gasteiger partial charge is 0.259 e. The van der Waals surface area contributed by atoms with Crippen molar-refractivity contribution < 1.29 is 9.32 Å². The quantitative estimate of drug-likeness (QED) is 0.944. The van der Waals surface area contributed by atoms with Gasteiger partial charge in [0.25, 0.3) is 5.91 Å². The fraction of sp³-hybridized carbons (Fsp3) is 0.375. The van der Waals surface area contributed by atoms with Gasteiger partial charge in [0, 0.05) is 18.7 Å². The third-order valence-corrected chi connectivity index (χ3v) is 4.44. The molecule has 0 spiro atoms. The highest BCUT2D eigenvalue weighted by molar-refractivity contribution is 6.33. The summed E-state index contributed by atoms with van der Waals surface area (Å²) in [4.78, 5) is 14.7. The Balaban J connectivity index is 1.96. The molecule has 0 aliphatic carbocycles. The first-order valence-corrected chi connectivity index (χ1v) is 7.70. The van der Waals surface area contributed by atoms with Crippen LogP contribution in [-0.2, 0) is 0 Å². The van der Waals surface area contributed by atoms with E-state index in [0.29, 0.717) is 53.2 Å². The zero-order valence-electron chi connectivity index (χ0n) is 12.4. The molecular weight excluding hydrogens is 302 g/mol. The molecule has 0 radical (unpaired) electrons. The first-order chi connectivity index (χ1) is 10.6.